The van der Waals surface area contributed by atoms with Crippen molar-refractivity contribution in [3.8, 4) is 0 Å². The fourth-order valence-electron chi connectivity index (χ4n) is 1.07. The molecule has 0 aromatic carbocycles. The van der Waals surface area contributed by atoms with Crippen molar-refractivity contribution in [2.45, 2.75) is 32.9 Å². The number of rotatable bonds is 4. The van der Waals surface area contributed by atoms with Gasteiger partial charge in [-0.3, -0.25) is 4.68 Å². The van der Waals surface area contributed by atoms with Crippen molar-refractivity contribution >= 4 is 0 Å². The van der Waals surface area contributed by atoms with Crippen LogP contribution in [-0.2, 0) is 6.54 Å². The summed E-state index contributed by atoms with van der Waals surface area (Å²) in [6, 6.07) is 1.92. The second-order valence-corrected chi connectivity index (χ2v) is 4.56. The van der Waals surface area contributed by atoms with Crippen LogP contribution < -0.4 is 5.32 Å². The Morgan fingerprint density at radius 2 is 2.21 bits per heavy atom. The van der Waals surface area contributed by atoms with Gasteiger partial charge in [-0.15, -0.1) is 0 Å². The molecule has 14 heavy (non-hydrogen) atoms. The van der Waals surface area contributed by atoms with Crippen LogP contribution >= 0.6 is 0 Å². The van der Waals surface area contributed by atoms with Gasteiger partial charge in [0.05, 0.1) is 6.54 Å². The molecule has 1 heterocycles. The zero-order valence-electron chi connectivity index (χ0n) is 9.25. The number of hydrogen-bond acceptors (Lipinski definition) is 2. The van der Waals surface area contributed by atoms with Crippen LogP contribution in [0.1, 0.15) is 20.8 Å². The van der Waals surface area contributed by atoms with Crippen molar-refractivity contribution in [3.63, 3.8) is 0 Å². The van der Waals surface area contributed by atoms with E-state index in [0.717, 1.165) is 18.7 Å². The van der Waals surface area contributed by atoms with E-state index in [1.165, 1.54) is 0 Å². The minimum absolute atomic E-state index is 0.146. The highest BCUT2D eigenvalue weighted by molar-refractivity contribution is 4.98. The van der Waals surface area contributed by atoms with Crippen LogP contribution in [0.5, 0.6) is 0 Å². The first-order chi connectivity index (χ1) is 6.47. The minimum atomic E-state index is 0.146. The standard InChI is InChI=1S/C11H19N3/c1-10(8-12-11(2,3)4)9-14-7-5-6-13-14/h5-7,12H,1,8-9H2,2-4H3. The van der Waals surface area contributed by atoms with Gasteiger partial charge in [-0.1, -0.05) is 6.58 Å². The highest BCUT2D eigenvalue weighted by Gasteiger charge is 2.08. The summed E-state index contributed by atoms with van der Waals surface area (Å²) in [5, 5.41) is 7.52. The highest BCUT2D eigenvalue weighted by atomic mass is 15.3. The fourth-order valence-corrected chi connectivity index (χ4v) is 1.07. The Labute approximate surface area is 85.8 Å². The van der Waals surface area contributed by atoms with Gasteiger partial charge in [0.1, 0.15) is 0 Å². The molecule has 0 bridgehead atoms. The van der Waals surface area contributed by atoms with Gasteiger partial charge >= 0.3 is 0 Å². The Hall–Kier alpha value is -1.09. The second kappa shape index (κ2) is 4.42. The lowest BCUT2D eigenvalue weighted by atomic mass is 10.1. The predicted octanol–water partition coefficient (Wildman–Crippen LogP) is 1.83. The maximum atomic E-state index is 4.13. The first-order valence-corrected chi connectivity index (χ1v) is 4.86. The van der Waals surface area contributed by atoms with Crippen molar-refractivity contribution in [1.29, 1.82) is 0 Å². The van der Waals surface area contributed by atoms with Crippen LogP contribution in [0.2, 0.25) is 0 Å². The summed E-state index contributed by atoms with van der Waals surface area (Å²) >= 11 is 0. The molecule has 0 aliphatic carbocycles. The van der Waals surface area contributed by atoms with E-state index in [-0.39, 0.29) is 5.54 Å². The quantitative estimate of drug-likeness (QED) is 0.739. The topological polar surface area (TPSA) is 29.9 Å². The van der Waals surface area contributed by atoms with E-state index < -0.39 is 0 Å². The summed E-state index contributed by atoms with van der Waals surface area (Å²) < 4.78 is 1.88. The SMILES string of the molecule is C=C(CNC(C)(C)C)Cn1cccn1. The zero-order valence-corrected chi connectivity index (χ0v) is 9.25. The summed E-state index contributed by atoms with van der Waals surface area (Å²) in [5.74, 6) is 0. The summed E-state index contributed by atoms with van der Waals surface area (Å²) in [4.78, 5) is 0. The third kappa shape index (κ3) is 4.23. The van der Waals surface area contributed by atoms with Crippen LogP contribution in [0.15, 0.2) is 30.6 Å². The Morgan fingerprint density at radius 1 is 1.50 bits per heavy atom. The number of nitrogens with zero attached hydrogens (tertiary/aromatic N) is 2. The van der Waals surface area contributed by atoms with E-state index in [4.69, 9.17) is 0 Å². The lowest BCUT2D eigenvalue weighted by Gasteiger charge is -2.21. The Kier molecular flexibility index (Phi) is 3.47. The van der Waals surface area contributed by atoms with Gasteiger partial charge in [-0.05, 0) is 32.4 Å². The first-order valence-electron chi connectivity index (χ1n) is 4.86. The normalized spacial score (nSPS) is 11.6. The molecule has 0 unspecified atom stereocenters. The van der Waals surface area contributed by atoms with Crippen molar-refractivity contribution < 1.29 is 0 Å². The van der Waals surface area contributed by atoms with E-state index in [0.29, 0.717) is 0 Å². The van der Waals surface area contributed by atoms with Crippen molar-refractivity contribution in [2.24, 2.45) is 0 Å². The largest absolute Gasteiger partial charge is 0.308 e. The minimum Gasteiger partial charge on any atom is -0.308 e. The molecule has 0 spiro atoms. The molecule has 0 radical (unpaired) electrons. The van der Waals surface area contributed by atoms with Crippen molar-refractivity contribution in [1.82, 2.24) is 15.1 Å². The third-order valence-corrected chi connectivity index (χ3v) is 1.81. The van der Waals surface area contributed by atoms with Gasteiger partial charge in [0.25, 0.3) is 0 Å². The van der Waals surface area contributed by atoms with Gasteiger partial charge in [0.15, 0.2) is 0 Å². The van der Waals surface area contributed by atoms with Gasteiger partial charge in [0.2, 0.25) is 0 Å². The molecule has 0 amide bonds. The number of hydrogen-bond donors (Lipinski definition) is 1. The molecule has 0 aliphatic heterocycles. The summed E-state index contributed by atoms with van der Waals surface area (Å²) in [6.07, 6.45) is 3.73. The molecule has 1 aromatic rings. The molecule has 1 aromatic heterocycles. The number of aromatic nitrogens is 2. The molecule has 0 atom stereocenters. The monoisotopic (exact) mass is 193 g/mol. The molecular weight excluding hydrogens is 174 g/mol. The summed E-state index contributed by atoms with van der Waals surface area (Å²) in [6.45, 7) is 12.1. The molecule has 0 saturated heterocycles. The maximum absolute atomic E-state index is 4.13. The Balaban J connectivity index is 2.30. The van der Waals surface area contributed by atoms with Gasteiger partial charge in [-0.25, -0.2) is 0 Å². The highest BCUT2D eigenvalue weighted by Crippen LogP contribution is 2.01. The third-order valence-electron chi connectivity index (χ3n) is 1.81. The van der Waals surface area contributed by atoms with Gasteiger partial charge < -0.3 is 5.32 Å². The van der Waals surface area contributed by atoms with Crippen molar-refractivity contribution in [2.75, 3.05) is 6.54 Å². The lowest BCUT2D eigenvalue weighted by Crippen LogP contribution is -2.37. The van der Waals surface area contributed by atoms with E-state index >= 15 is 0 Å². The lowest BCUT2D eigenvalue weighted by molar-refractivity contribution is 0.438. The first kappa shape index (κ1) is 11.0. The van der Waals surface area contributed by atoms with Crippen LogP contribution in [0.3, 0.4) is 0 Å². The molecule has 0 fully saturated rings. The molecule has 3 nitrogen and oxygen atoms in total. The number of nitrogens with one attached hydrogen (secondary N) is 1. The fraction of sp³-hybridized carbons (Fsp3) is 0.545. The Bertz CT molecular complexity index is 280. The van der Waals surface area contributed by atoms with Crippen LogP contribution in [0.4, 0.5) is 0 Å². The molecule has 1 N–H and O–H groups in total. The maximum Gasteiger partial charge on any atom is 0.0628 e. The average molecular weight is 193 g/mol. The van der Waals surface area contributed by atoms with E-state index in [9.17, 15) is 0 Å². The summed E-state index contributed by atoms with van der Waals surface area (Å²) in [7, 11) is 0. The zero-order chi connectivity index (χ0) is 10.6. The van der Waals surface area contributed by atoms with E-state index in [2.05, 4.69) is 37.8 Å². The second-order valence-electron chi connectivity index (χ2n) is 4.56. The molecule has 0 saturated carbocycles. The average Bonchev–Trinajstić information content (AvgIpc) is 2.52. The van der Waals surface area contributed by atoms with E-state index in [1.807, 2.05) is 16.9 Å². The smallest absolute Gasteiger partial charge is 0.0628 e. The summed E-state index contributed by atoms with van der Waals surface area (Å²) in [5.41, 5.74) is 1.29. The predicted molar refractivity (Wildman–Crippen MR) is 59.1 cm³/mol. The van der Waals surface area contributed by atoms with Crippen molar-refractivity contribution in [3.05, 3.63) is 30.6 Å². The molecule has 78 valence electrons. The molecule has 0 aliphatic rings. The van der Waals surface area contributed by atoms with Gasteiger partial charge in [0, 0.05) is 24.5 Å². The molecule has 3 heteroatoms. The Morgan fingerprint density at radius 3 is 2.71 bits per heavy atom. The van der Waals surface area contributed by atoms with Crippen LogP contribution in [-0.4, -0.2) is 21.9 Å². The molecular formula is C11H19N3. The molecule has 1 rings (SSSR count). The van der Waals surface area contributed by atoms with Crippen LogP contribution in [0.25, 0.3) is 0 Å². The van der Waals surface area contributed by atoms with Gasteiger partial charge in [-0.2, -0.15) is 5.10 Å². The van der Waals surface area contributed by atoms with E-state index in [1.54, 1.807) is 6.20 Å². The van der Waals surface area contributed by atoms with Crippen LogP contribution in [0, 0.1) is 0 Å².